The van der Waals surface area contributed by atoms with Crippen LogP contribution in [0.4, 0.5) is 5.69 Å². The Bertz CT molecular complexity index is 649. The predicted molar refractivity (Wildman–Crippen MR) is 70.0 cm³/mol. The van der Waals surface area contributed by atoms with Crippen molar-refractivity contribution >= 4 is 28.9 Å². The molecule has 19 heavy (non-hydrogen) atoms. The van der Waals surface area contributed by atoms with E-state index in [0.29, 0.717) is 5.56 Å². The lowest BCUT2D eigenvalue weighted by Crippen LogP contribution is -1.97. The van der Waals surface area contributed by atoms with Gasteiger partial charge in [0.25, 0.3) is 0 Å². The van der Waals surface area contributed by atoms with Gasteiger partial charge in [0.05, 0.1) is 4.92 Å². The largest absolute Gasteiger partial charge is 0.447 e. The summed E-state index contributed by atoms with van der Waals surface area (Å²) in [6.07, 6.45) is 0. The smallest absolute Gasteiger partial charge is 0.314 e. The first kappa shape index (κ1) is 13.5. The molecule has 0 radical (unpaired) electrons. The van der Waals surface area contributed by atoms with Crippen molar-refractivity contribution in [2.75, 3.05) is 0 Å². The lowest BCUT2D eigenvalue weighted by molar-refractivity contribution is -0.386. The predicted octanol–water partition coefficient (Wildman–Crippen LogP) is 3.79. The first-order valence-corrected chi connectivity index (χ1v) is 5.85. The number of ether oxygens (including phenoxy) is 1. The molecule has 0 unspecified atom stereocenters. The molecule has 0 amide bonds. The highest BCUT2D eigenvalue weighted by Crippen LogP contribution is 2.36. The van der Waals surface area contributed by atoms with Gasteiger partial charge in [0.2, 0.25) is 5.75 Å². The molecule has 0 spiro atoms. The third-order valence-electron chi connectivity index (χ3n) is 2.29. The van der Waals surface area contributed by atoms with Crippen molar-refractivity contribution in [2.24, 2.45) is 0 Å². The zero-order chi connectivity index (χ0) is 14.0. The molecule has 1 aromatic carbocycles. The number of nitro groups is 1. The van der Waals surface area contributed by atoms with Gasteiger partial charge in [0, 0.05) is 11.6 Å². The Balaban J connectivity index is 2.46. The summed E-state index contributed by atoms with van der Waals surface area (Å²) < 4.78 is 5.40. The van der Waals surface area contributed by atoms with Crippen LogP contribution in [0.1, 0.15) is 5.56 Å². The van der Waals surface area contributed by atoms with Crippen molar-refractivity contribution < 1.29 is 9.66 Å². The molecule has 98 valence electrons. The Labute approximate surface area is 118 Å². The van der Waals surface area contributed by atoms with Gasteiger partial charge in [-0.2, -0.15) is 0 Å². The average molecular weight is 300 g/mol. The normalized spacial score (nSPS) is 10.3. The number of nitrogens with zero attached hydrogens (tertiary/aromatic N) is 3. The van der Waals surface area contributed by atoms with Crippen molar-refractivity contribution in [1.82, 2.24) is 10.2 Å². The third kappa shape index (κ3) is 2.91. The summed E-state index contributed by atoms with van der Waals surface area (Å²) in [5.41, 5.74) is 0.346. The standard InChI is InChI=1S/C11H7Cl2N3O3/c1-6-3-2-4-7(10(6)16(17)18)19-8-5-9(12)14-15-11(8)13/h2-5H,1H3. The van der Waals surface area contributed by atoms with Crippen LogP contribution in [0.15, 0.2) is 24.3 Å². The van der Waals surface area contributed by atoms with Gasteiger partial charge < -0.3 is 4.74 Å². The number of benzene rings is 1. The minimum atomic E-state index is -0.519. The van der Waals surface area contributed by atoms with E-state index in [2.05, 4.69) is 10.2 Å². The fraction of sp³-hybridized carbons (Fsp3) is 0.0909. The van der Waals surface area contributed by atoms with Gasteiger partial charge in [-0.25, -0.2) is 0 Å². The number of halogens is 2. The zero-order valence-electron chi connectivity index (χ0n) is 9.63. The van der Waals surface area contributed by atoms with Crippen LogP contribution in [0, 0.1) is 17.0 Å². The van der Waals surface area contributed by atoms with Crippen LogP contribution in [-0.2, 0) is 0 Å². The second-order valence-electron chi connectivity index (χ2n) is 3.60. The number of aryl methyl sites for hydroxylation is 1. The van der Waals surface area contributed by atoms with E-state index in [1.54, 1.807) is 19.1 Å². The molecule has 1 heterocycles. The van der Waals surface area contributed by atoms with Crippen molar-refractivity contribution in [2.45, 2.75) is 6.92 Å². The molecule has 8 heteroatoms. The van der Waals surface area contributed by atoms with E-state index in [1.165, 1.54) is 12.1 Å². The summed E-state index contributed by atoms with van der Waals surface area (Å²) in [7, 11) is 0. The molecule has 0 fully saturated rings. The van der Waals surface area contributed by atoms with E-state index in [4.69, 9.17) is 27.9 Å². The first-order valence-electron chi connectivity index (χ1n) is 5.09. The Hall–Kier alpha value is -1.92. The number of nitro benzene ring substituents is 1. The van der Waals surface area contributed by atoms with E-state index in [9.17, 15) is 10.1 Å². The van der Waals surface area contributed by atoms with Crippen molar-refractivity contribution in [3.63, 3.8) is 0 Å². The van der Waals surface area contributed by atoms with Gasteiger partial charge in [0.15, 0.2) is 16.1 Å². The molecule has 1 aromatic heterocycles. The number of hydrogen-bond donors (Lipinski definition) is 0. The van der Waals surface area contributed by atoms with Gasteiger partial charge in [-0.3, -0.25) is 10.1 Å². The fourth-order valence-electron chi connectivity index (χ4n) is 1.48. The van der Waals surface area contributed by atoms with Crippen LogP contribution in [0.5, 0.6) is 11.5 Å². The Morgan fingerprint density at radius 1 is 1.26 bits per heavy atom. The maximum atomic E-state index is 11.0. The van der Waals surface area contributed by atoms with Crippen molar-refractivity contribution in [3.05, 3.63) is 50.2 Å². The molecule has 2 aromatic rings. The molecule has 0 saturated heterocycles. The summed E-state index contributed by atoms with van der Waals surface area (Å²) in [6.45, 7) is 1.62. The highest BCUT2D eigenvalue weighted by molar-refractivity contribution is 6.32. The van der Waals surface area contributed by atoms with Gasteiger partial charge in [-0.1, -0.05) is 35.3 Å². The van der Waals surface area contributed by atoms with Crippen molar-refractivity contribution in [1.29, 1.82) is 0 Å². The molecule has 0 aliphatic rings. The highest BCUT2D eigenvalue weighted by Gasteiger charge is 2.20. The van der Waals surface area contributed by atoms with Gasteiger partial charge in [-0.05, 0) is 13.0 Å². The van der Waals surface area contributed by atoms with Gasteiger partial charge in [-0.15, -0.1) is 10.2 Å². The molecule has 0 saturated carbocycles. The molecule has 2 rings (SSSR count). The van der Waals surface area contributed by atoms with Crippen LogP contribution < -0.4 is 4.74 Å². The average Bonchev–Trinajstić information content (AvgIpc) is 2.33. The van der Waals surface area contributed by atoms with Crippen LogP contribution in [0.3, 0.4) is 0 Å². The Kier molecular flexibility index (Phi) is 3.82. The lowest BCUT2D eigenvalue weighted by atomic mass is 10.2. The minimum absolute atomic E-state index is 0.0276. The number of rotatable bonds is 3. The lowest BCUT2D eigenvalue weighted by Gasteiger charge is -2.08. The van der Waals surface area contributed by atoms with E-state index in [0.717, 1.165) is 0 Å². The molecule has 0 aliphatic heterocycles. The SMILES string of the molecule is Cc1cccc(Oc2cc(Cl)nnc2Cl)c1[N+](=O)[O-]. The number of para-hydroxylation sites is 1. The summed E-state index contributed by atoms with van der Waals surface area (Å²) in [6, 6.07) is 6.06. The van der Waals surface area contributed by atoms with Crippen LogP contribution in [-0.4, -0.2) is 15.1 Å². The topological polar surface area (TPSA) is 78.2 Å². The van der Waals surface area contributed by atoms with E-state index >= 15 is 0 Å². The van der Waals surface area contributed by atoms with Gasteiger partial charge in [0.1, 0.15) is 0 Å². The zero-order valence-corrected chi connectivity index (χ0v) is 11.1. The maximum absolute atomic E-state index is 11.0. The number of hydrogen-bond acceptors (Lipinski definition) is 5. The van der Waals surface area contributed by atoms with Crippen LogP contribution >= 0.6 is 23.2 Å². The van der Waals surface area contributed by atoms with Crippen LogP contribution in [0.2, 0.25) is 10.3 Å². The molecule has 0 aliphatic carbocycles. The molecule has 6 nitrogen and oxygen atoms in total. The highest BCUT2D eigenvalue weighted by atomic mass is 35.5. The minimum Gasteiger partial charge on any atom is -0.447 e. The van der Waals surface area contributed by atoms with E-state index in [-0.39, 0.29) is 27.5 Å². The molecule has 0 atom stereocenters. The summed E-state index contributed by atoms with van der Waals surface area (Å²) in [4.78, 5) is 10.5. The Morgan fingerprint density at radius 3 is 2.68 bits per heavy atom. The monoisotopic (exact) mass is 299 g/mol. The molecular formula is C11H7Cl2N3O3. The van der Waals surface area contributed by atoms with E-state index < -0.39 is 4.92 Å². The van der Waals surface area contributed by atoms with E-state index in [1.807, 2.05) is 0 Å². The van der Waals surface area contributed by atoms with Crippen molar-refractivity contribution in [3.8, 4) is 11.5 Å². The molecule has 0 N–H and O–H groups in total. The summed E-state index contributed by atoms with van der Waals surface area (Å²) in [5.74, 6) is 0.173. The maximum Gasteiger partial charge on any atom is 0.314 e. The summed E-state index contributed by atoms with van der Waals surface area (Å²) in [5, 5.41) is 18.2. The number of aromatic nitrogens is 2. The summed E-state index contributed by atoms with van der Waals surface area (Å²) >= 11 is 11.5. The second-order valence-corrected chi connectivity index (χ2v) is 4.35. The molecule has 0 bridgehead atoms. The third-order valence-corrected chi connectivity index (χ3v) is 2.74. The fourth-order valence-corrected chi connectivity index (χ4v) is 1.74. The first-order chi connectivity index (χ1) is 8.99. The van der Waals surface area contributed by atoms with Gasteiger partial charge >= 0.3 is 5.69 Å². The quantitative estimate of drug-likeness (QED) is 0.636. The second kappa shape index (κ2) is 5.38. The molecular weight excluding hydrogens is 293 g/mol. The Morgan fingerprint density at radius 2 is 2.00 bits per heavy atom. The van der Waals surface area contributed by atoms with Crippen LogP contribution in [0.25, 0.3) is 0 Å².